The zero-order valence-electron chi connectivity index (χ0n) is 6.78. The van der Waals surface area contributed by atoms with E-state index in [1.165, 1.54) is 25.9 Å². The summed E-state index contributed by atoms with van der Waals surface area (Å²) in [6, 6.07) is 0. The van der Waals surface area contributed by atoms with Crippen LogP contribution in [0.25, 0.3) is 0 Å². The van der Waals surface area contributed by atoms with E-state index in [2.05, 4.69) is 25.8 Å². The van der Waals surface area contributed by atoms with Gasteiger partial charge in [0.05, 0.1) is 0 Å². The van der Waals surface area contributed by atoms with E-state index in [1.54, 1.807) is 0 Å². The third-order valence-electron chi connectivity index (χ3n) is 2.71. The van der Waals surface area contributed by atoms with Crippen molar-refractivity contribution < 1.29 is 0 Å². The highest BCUT2D eigenvalue weighted by molar-refractivity contribution is 4.90. The van der Waals surface area contributed by atoms with Gasteiger partial charge >= 0.3 is 0 Å². The van der Waals surface area contributed by atoms with Gasteiger partial charge in [-0.2, -0.15) is 0 Å². The van der Waals surface area contributed by atoms with Crippen LogP contribution in [0.3, 0.4) is 0 Å². The maximum Gasteiger partial charge on any atom is 0.00472 e. The van der Waals surface area contributed by atoms with Crippen LogP contribution in [0.2, 0.25) is 0 Å². The van der Waals surface area contributed by atoms with E-state index in [-0.39, 0.29) is 0 Å². The van der Waals surface area contributed by atoms with Gasteiger partial charge in [-0.15, -0.1) is 0 Å². The number of rotatable bonds is 2. The van der Waals surface area contributed by atoms with Crippen LogP contribution < -0.4 is 0 Å². The minimum atomic E-state index is 0.703. The predicted molar refractivity (Wildman–Crippen MR) is 40.5 cm³/mol. The highest BCUT2D eigenvalue weighted by Gasteiger charge is 2.37. The second-order valence-electron chi connectivity index (χ2n) is 3.38. The van der Waals surface area contributed by atoms with Crippen molar-refractivity contribution in [3.63, 3.8) is 0 Å². The molecule has 0 atom stereocenters. The van der Waals surface area contributed by atoms with Crippen molar-refractivity contribution in [3.8, 4) is 0 Å². The lowest BCUT2D eigenvalue weighted by Gasteiger charge is -2.48. The standard InChI is InChI=1S/C8H17N/c1-4-8(5-2)6-9(3)7-8/h4-7H2,1-3H3. The predicted octanol–water partition coefficient (Wildman–Crippen LogP) is 1.74. The molecular weight excluding hydrogens is 110 g/mol. The topological polar surface area (TPSA) is 3.24 Å². The van der Waals surface area contributed by atoms with Crippen LogP contribution in [0.4, 0.5) is 0 Å². The summed E-state index contributed by atoms with van der Waals surface area (Å²) in [5, 5.41) is 0. The fraction of sp³-hybridized carbons (Fsp3) is 1.00. The molecule has 0 bridgehead atoms. The molecule has 1 fully saturated rings. The fourth-order valence-electron chi connectivity index (χ4n) is 1.80. The Labute approximate surface area is 58.0 Å². The van der Waals surface area contributed by atoms with Gasteiger partial charge < -0.3 is 4.90 Å². The summed E-state index contributed by atoms with van der Waals surface area (Å²) in [5.41, 5.74) is 0.703. The quantitative estimate of drug-likeness (QED) is 0.546. The molecule has 1 heterocycles. The molecular formula is C8H17N. The summed E-state index contributed by atoms with van der Waals surface area (Å²) in [6.07, 6.45) is 2.71. The Morgan fingerprint density at radius 1 is 1.22 bits per heavy atom. The zero-order valence-corrected chi connectivity index (χ0v) is 6.78. The Bertz CT molecular complexity index is 86.7. The van der Waals surface area contributed by atoms with E-state index in [9.17, 15) is 0 Å². The summed E-state index contributed by atoms with van der Waals surface area (Å²) < 4.78 is 0. The summed E-state index contributed by atoms with van der Waals surface area (Å²) in [5.74, 6) is 0. The van der Waals surface area contributed by atoms with Crippen LogP contribution in [0, 0.1) is 5.41 Å². The number of hydrogen-bond donors (Lipinski definition) is 0. The molecule has 0 radical (unpaired) electrons. The van der Waals surface area contributed by atoms with Crippen LogP contribution in [0.5, 0.6) is 0 Å². The molecule has 1 rings (SSSR count). The number of hydrogen-bond acceptors (Lipinski definition) is 1. The van der Waals surface area contributed by atoms with Gasteiger partial charge in [-0.1, -0.05) is 13.8 Å². The maximum absolute atomic E-state index is 2.40. The van der Waals surface area contributed by atoms with E-state index in [0.717, 1.165) is 0 Å². The van der Waals surface area contributed by atoms with E-state index in [1.807, 2.05) is 0 Å². The van der Waals surface area contributed by atoms with Crippen LogP contribution in [-0.2, 0) is 0 Å². The summed E-state index contributed by atoms with van der Waals surface area (Å²) in [7, 11) is 2.20. The Morgan fingerprint density at radius 2 is 1.67 bits per heavy atom. The molecule has 0 aromatic rings. The first-order chi connectivity index (χ1) is 4.22. The van der Waals surface area contributed by atoms with Gasteiger partial charge in [-0.25, -0.2) is 0 Å². The average Bonchev–Trinajstić information content (AvgIpc) is 1.81. The van der Waals surface area contributed by atoms with Crippen LogP contribution >= 0.6 is 0 Å². The van der Waals surface area contributed by atoms with Crippen LogP contribution in [0.15, 0.2) is 0 Å². The second kappa shape index (κ2) is 2.30. The van der Waals surface area contributed by atoms with Crippen molar-refractivity contribution in [1.82, 2.24) is 4.90 Å². The van der Waals surface area contributed by atoms with Gasteiger partial charge in [0, 0.05) is 13.1 Å². The van der Waals surface area contributed by atoms with Gasteiger partial charge in [0.15, 0.2) is 0 Å². The normalized spacial score (nSPS) is 25.7. The van der Waals surface area contributed by atoms with E-state index in [0.29, 0.717) is 5.41 Å². The van der Waals surface area contributed by atoms with E-state index >= 15 is 0 Å². The molecule has 0 aromatic carbocycles. The molecule has 9 heavy (non-hydrogen) atoms. The Hall–Kier alpha value is -0.0400. The molecule has 0 aliphatic carbocycles. The lowest BCUT2D eigenvalue weighted by atomic mass is 9.76. The van der Waals surface area contributed by atoms with Gasteiger partial charge in [0.25, 0.3) is 0 Å². The van der Waals surface area contributed by atoms with Crippen LogP contribution in [-0.4, -0.2) is 25.0 Å². The van der Waals surface area contributed by atoms with Gasteiger partial charge in [-0.3, -0.25) is 0 Å². The van der Waals surface area contributed by atoms with E-state index in [4.69, 9.17) is 0 Å². The molecule has 1 aliphatic rings. The highest BCUT2D eigenvalue weighted by atomic mass is 15.2. The summed E-state index contributed by atoms with van der Waals surface area (Å²) in [4.78, 5) is 2.40. The lowest BCUT2D eigenvalue weighted by molar-refractivity contribution is 0.0154. The van der Waals surface area contributed by atoms with Crippen molar-refractivity contribution in [2.24, 2.45) is 5.41 Å². The molecule has 0 spiro atoms. The largest absolute Gasteiger partial charge is 0.305 e. The Balaban J connectivity index is 2.36. The van der Waals surface area contributed by atoms with Crippen molar-refractivity contribution in [2.45, 2.75) is 26.7 Å². The second-order valence-corrected chi connectivity index (χ2v) is 3.38. The van der Waals surface area contributed by atoms with E-state index < -0.39 is 0 Å². The SMILES string of the molecule is CCC1(CC)CN(C)C1. The molecule has 1 nitrogen and oxygen atoms in total. The Kier molecular flexibility index (Phi) is 1.80. The molecule has 0 aromatic heterocycles. The molecule has 0 N–H and O–H groups in total. The van der Waals surface area contributed by atoms with Crippen molar-refractivity contribution in [1.29, 1.82) is 0 Å². The van der Waals surface area contributed by atoms with Gasteiger partial charge in [0.2, 0.25) is 0 Å². The molecule has 0 amide bonds. The monoisotopic (exact) mass is 127 g/mol. The summed E-state index contributed by atoms with van der Waals surface area (Å²) in [6.45, 7) is 7.24. The number of nitrogens with zero attached hydrogens (tertiary/aromatic N) is 1. The lowest BCUT2D eigenvalue weighted by Crippen LogP contribution is -2.53. The molecule has 0 unspecified atom stereocenters. The molecule has 0 saturated carbocycles. The van der Waals surface area contributed by atoms with Crippen molar-refractivity contribution in [3.05, 3.63) is 0 Å². The highest BCUT2D eigenvalue weighted by Crippen LogP contribution is 2.35. The molecule has 1 aliphatic heterocycles. The van der Waals surface area contributed by atoms with Gasteiger partial charge in [0.1, 0.15) is 0 Å². The minimum absolute atomic E-state index is 0.703. The first kappa shape index (κ1) is 7.07. The molecule has 54 valence electrons. The zero-order chi connectivity index (χ0) is 6.91. The van der Waals surface area contributed by atoms with Crippen molar-refractivity contribution >= 4 is 0 Å². The fourth-order valence-corrected chi connectivity index (χ4v) is 1.80. The maximum atomic E-state index is 2.40. The minimum Gasteiger partial charge on any atom is -0.305 e. The van der Waals surface area contributed by atoms with Crippen LogP contribution in [0.1, 0.15) is 26.7 Å². The van der Waals surface area contributed by atoms with Crippen molar-refractivity contribution in [2.75, 3.05) is 20.1 Å². The van der Waals surface area contributed by atoms with Gasteiger partial charge in [-0.05, 0) is 25.3 Å². The smallest absolute Gasteiger partial charge is 0.00472 e. The molecule has 1 saturated heterocycles. The first-order valence-corrected chi connectivity index (χ1v) is 3.91. The third-order valence-corrected chi connectivity index (χ3v) is 2.71. The summed E-state index contributed by atoms with van der Waals surface area (Å²) >= 11 is 0. The third kappa shape index (κ3) is 1.11. The first-order valence-electron chi connectivity index (χ1n) is 3.91. The number of likely N-dealkylation sites (tertiary alicyclic amines) is 1. The Morgan fingerprint density at radius 3 is 1.78 bits per heavy atom. The average molecular weight is 127 g/mol. The molecule has 1 heteroatoms.